The van der Waals surface area contributed by atoms with Crippen molar-refractivity contribution < 1.29 is 22.7 Å². The summed E-state index contributed by atoms with van der Waals surface area (Å²) in [5.74, 6) is 0.253. The number of hydrogen-bond donors (Lipinski definition) is 1. The van der Waals surface area contributed by atoms with E-state index >= 15 is 0 Å². The van der Waals surface area contributed by atoms with Gasteiger partial charge in [-0.2, -0.15) is 13.2 Å². The maximum Gasteiger partial charge on any atom is 0.434 e. The van der Waals surface area contributed by atoms with E-state index in [1.54, 1.807) is 28.8 Å². The number of nitrogens with zero attached hydrogens (tertiary/aromatic N) is 3. The first kappa shape index (κ1) is 21.6. The van der Waals surface area contributed by atoms with Gasteiger partial charge in [0, 0.05) is 19.8 Å². The van der Waals surface area contributed by atoms with Crippen molar-refractivity contribution in [3.05, 3.63) is 50.3 Å². The summed E-state index contributed by atoms with van der Waals surface area (Å²) in [7, 11) is 0. The molecule has 3 heterocycles. The Labute approximate surface area is 179 Å². The number of ether oxygens (including phenoxy) is 1. The van der Waals surface area contributed by atoms with Crippen LogP contribution < -0.4 is 11.0 Å². The quantitative estimate of drug-likeness (QED) is 0.651. The van der Waals surface area contributed by atoms with Crippen molar-refractivity contribution in [2.75, 3.05) is 13.2 Å². The molecule has 1 N–H and O–H groups in total. The van der Waals surface area contributed by atoms with Crippen molar-refractivity contribution in [2.24, 2.45) is 5.92 Å². The molecule has 0 radical (unpaired) electrons. The van der Waals surface area contributed by atoms with Gasteiger partial charge >= 0.3 is 17.9 Å². The van der Waals surface area contributed by atoms with Crippen LogP contribution in [0, 0.1) is 12.8 Å². The Balaban J connectivity index is 1.62. The molecule has 166 valence electrons. The molecular formula is C20H21F3N4O3S. The highest BCUT2D eigenvalue weighted by Crippen LogP contribution is 2.34. The van der Waals surface area contributed by atoms with E-state index in [-0.39, 0.29) is 22.3 Å². The predicted molar refractivity (Wildman–Crippen MR) is 109 cm³/mol. The number of amides is 1. The third-order valence-corrected chi connectivity index (χ3v) is 6.26. The number of nitrogens with one attached hydrogen (secondary N) is 1. The lowest BCUT2D eigenvalue weighted by atomic mass is 10.0. The van der Waals surface area contributed by atoms with Crippen LogP contribution in [0.4, 0.5) is 18.0 Å². The van der Waals surface area contributed by atoms with Crippen LogP contribution >= 0.6 is 11.3 Å². The maximum atomic E-state index is 13.2. The number of benzene rings is 1. The zero-order valence-electron chi connectivity index (χ0n) is 16.7. The molecule has 4 rings (SSSR count). The number of thiazole rings is 1. The Morgan fingerprint density at radius 3 is 2.61 bits per heavy atom. The molecule has 7 nitrogen and oxygen atoms in total. The highest BCUT2D eigenvalue weighted by Gasteiger charge is 2.37. The van der Waals surface area contributed by atoms with Gasteiger partial charge in [-0.1, -0.05) is 12.1 Å². The molecule has 3 aromatic rings. The van der Waals surface area contributed by atoms with Crippen LogP contribution in [0.2, 0.25) is 0 Å². The topological polar surface area (TPSA) is 78.2 Å². The van der Waals surface area contributed by atoms with E-state index in [4.69, 9.17) is 4.74 Å². The summed E-state index contributed by atoms with van der Waals surface area (Å²) in [4.78, 5) is 29.4. The van der Waals surface area contributed by atoms with Crippen LogP contribution in [0.5, 0.6) is 0 Å². The molecule has 11 heteroatoms. The summed E-state index contributed by atoms with van der Waals surface area (Å²) in [6.07, 6.45) is -2.96. The molecule has 0 aliphatic carbocycles. The summed E-state index contributed by atoms with van der Waals surface area (Å²) in [6.45, 7) is 2.82. The number of alkyl halides is 3. The van der Waals surface area contributed by atoms with Crippen LogP contribution in [0.15, 0.2) is 29.1 Å². The maximum absolute atomic E-state index is 13.2. The van der Waals surface area contributed by atoms with Crippen LogP contribution in [0.25, 0.3) is 11.0 Å². The fourth-order valence-electron chi connectivity index (χ4n) is 3.81. The minimum Gasteiger partial charge on any atom is -0.381 e. The number of aryl methyl sites for hydroxylation is 1. The second kappa shape index (κ2) is 8.46. The summed E-state index contributed by atoms with van der Waals surface area (Å²) < 4.78 is 47.4. The molecule has 1 aliphatic rings. The number of fused-ring (bicyclic) bond motifs is 1. The second-order valence-electron chi connectivity index (χ2n) is 7.43. The van der Waals surface area contributed by atoms with E-state index in [0.29, 0.717) is 30.8 Å². The Morgan fingerprint density at radius 2 is 1.94 bits per heavy atom. The minimum absolute atomic E-state index is 0.0997. The molecule has 0 atom stereocenters. The highest BCUT2D eigenvalue weighted by molar-refractivity contribution is 7.11. The number of carbonyl (C=O) groups is 1. The first-order valence-electron chi connectivity index (χ1n) is 9.85. The zero-order chi connectivity index (χ0) is 22.2. The Bertz CT molecular complexity index is 1160. The van der Waals surface area contributed by atoms with Gasteiger partial charge in [0.15, 0.2) is 5.69 Å². The molecule has 31 heavy (non-hydrogen) atoms. The highest BCUT2D eigenvalue weighted by atomic mass is 32.1. The van der Waals surface area contributed by atoms with Crippen molar-refractivity contribution in [1.82, 2.24) is 19.4 Å². The van der Waals surface area contributed by atoms with E-state index in [2.05, 4.69) is 10.3 Å². The van der Waals surface area contributed by atoms with E-state index in [9.17, 15) is 22.8 Å². The number of hydrogen-bond acceptors (Lipinski definition) is 5. The number of imidazole rings is 1. The molecule has 1 aliphatic heterocycles. The largest absolute Gasteiger partial charge is 0.434 e. The summed E-state index contributed by atoms with van der Waals surface area (Å²) in [5.41, 5.74) is -0.501. The second-order valence-corrected chi connectivity index (χ2v) is 8.72. The van der Waals surface area contributed by atoms with E-state index in [1.165, 1.54) is 6.92 Å². The molecule has 1 fully saturated rings. The van der Waals surface area contributed by atoms with Crippen LogP contribution in [0.3, 0.4) is 0 Å². The van der Waals surface area contributed by atoms with Gasteiger partial charge in [-0.05, 0) is 37.8 Å². The molecule has 1 amide bonds. The van der Waals surface area contributed by atoms with Gasteiger partial charge in [0.05, 0.1) is 27.5 Å². The van der Waals surface area contributed by atoms with E-state index < -0.39 is 23.6 Å². The molecule has 0 saturated carbocycles. The first-order chi connectivity index (χ1) is 14.8. The summed E-state index contributed by atoms with van der Waals surface area (Å²) in [6, 6.07) is 6.12. The average Bonchev–Trinajstić information content (AvgIpc) is 3.25. The molecule has 0 spiro atoms. The van der Waals surface area contributed by atoms with Gasteiger partial charge in [-0.3, -0.25) is 4.57 Å². The summed E-state index contributed by atoms with van der Waals surface area (Å²) >= 11 is 0.864. The SMILES string of the molecule is Cc1nc(C(F)(F)F)c(CNC(=O)n2c(=O)n(CC3CCOCC3)c3ccccc32)s1. The lowest BCUT2D eigenvalue weighted by Crippen LogP contribution is -2.37. The van der Waals surface area contributed by atoms with Crippen molar-refractivity contribution in [3.8, 4) is 0 Å². The van der Waals surface area contributed by atoms with Gasteiger partial charge in [-0.25, -0.2) is 19.1 Å². The monoisotopic (exact) mass is 454 g/mol. The molecule has 2 aromatic heterocycles. The molecule has 0 bridgehead atoms. The Kier molecular flexibility index (Phi) is 5.89. The lowest BCUT2D eigenvalue weighted by Gasteiger charge is -2.22. The third kappa shape index (κ3) is 4.38. The number of halogens is 3. The first-order valence-corrected chi connectivity index (χ1v) is 10.7. The Hall–Kier alpha value is -2.66. The molecule has 1 aromatic carbocycles. The number of para-hydroxylation sites is 2. The lowest BCUT2D eigenvalue weighted by molar-refractivity contribution is -0.141. The summed E-state index contributed by atoms with van der Waals surface area (Å²) in [5, 5.41) is 2.70. The van der Waals surface area contributed by atoms with Crippen molar-refractivity contribution in [2.45, 2.75) is 39.0 Å². The predicted octanol–water partition coefficient (Wildman–Crippen LogP) is 3.77. The third-order valence-electron chi connectivity index (χ3n) is 5.29. The molecule has 1 saturated heterocycles. The fraction of sp³-hybridized carbons (Fsp3) is 0.450. The van der Waals surface area contributed by atoms with Crippen LogP contribution in [-0.4, -0.2) is 33.4 Å². The zero-order valence-corrected chi connectivity index (χ0v) is 17.6. The van der Waals surface area contributed by atoms with Gasteiger partial charge in [0.1, 0.15) is 0 Å². The molecule has 0 unspecified atom stereocenters. The molecular weight excluding hydrogens is 433 g/mol. The van der Waals surface area contributed by atoms with Crippen LogP contribution in [-0.2, 0) is 24.0 Å². The van der Waals surface area contributed by atoms with Gasteiger partial charge < -0.3 is 10.1 Å². The minimum atomic E-state index is -4.61. The number of carbonyl (C=O) groups excluding carboxylic acids is 1. The van der Waals surface area contributed by atoms with Crippen molar-refractivity contribution in [3.63, 3.8) is 0 Å². The average molecular weight is 454 g/mol. The van der Waals surface area contributed by atoms with Gasteiger partial charge in [-0.15, -0.1) is 11.3 Å². The standard InChI is InChI=1S/C20H21F3N4O3S/c1-12-25-17(20(21,22)23)16(31-12)10-24-18(28)27-15-5-3-2-4-14(15)26(19(27)29)11-13-6-8-30-9-7-13/h2-5,13H,6-11H2,1H3,(H,24,28). The van der Waals surface area contributed by atoms with E-state index in [0.717, 1.165) is 28.7 Å². The van der Waals surface area contributed by atoms with Gasteiger partial charge in [0.2, 0.25) is 0 Å². The van der Waals surface area contributed by atoms with Crippen molar-refractivity contribution >= 4 is 28.4 Å². The normalized spacial score (nSPS) is 15.5. The van der Waals surface area contributed by atoms with Gasteiger partial charge in [0.25, 0.3) is 0 Å². The van der Waals surface area contributed by atoms with E-state index in [1.807, 2.05) is 0 Å². The Morgan fingerprint density at radius 1 is 1.26 bits per heavy atom. The fourth-order valence-corrected chi connectivity index (χ4v) is 4.71. The van der Waals surface area contributed by atoms with Crippen molar-refractivity contribution in [1.29, 1.82) is 0 Å². The van der Waals surface area contributed by atoms with Crippen LogP contribution in [0.1, 0.15) is 28.4 Å². The number of aromatic nitrogens is 3. The smallest absolute Gasteiger partial charge is 0.381 e. The number of rotatable bonds is 4.